The Morgan fingerprint density at radius 3 is 2.88 bits per heavy atom. The van der Waals surface area contributed by atoms with Crippen molar-refractivity contribution in [1.82, 2.24) is 9.88 Å². The van der Waals surface area contributed by atoms with Gasteiger partial charge in [-0.2, -0.15) is 0 Å². The molecule has 0 bridgehead atoms. The van der Waals surface area contributed by atoms with Crippen molar-refractivity contribution in [3.63, 3.8) is 0 Å². The molecule has 0 radical (unpaired) electrons. The van der Waals surface area contributed by atoms with Crippen LogP contribution in [0.25, 0.3) is 0 Å². The molecule has 0 aliphatic heterocycles. The van der Waals surface area contributed by atoms with Gasteiger partial charge in [-0.25, -0.2) is 0 Å². The molecule has 1 atom stereocenters. The first-order valence-corrected chi connectivity index (χ1v) is 5.62. The number of amides is 1. The Hall–Kier alpha value is -1.42. The first-order valence-electron chi connectivity index (χ1n) is 5.62. The van der Waals surface area contributed by atoms with Crippen LogP contribution in [0.5, 0.6) is 0 Å². The van der Waals surface area contributed by atoms with Crippen LogP contribution in [0.3, 0.4) is 0 Å². The number of pyridine rings is 1. The van der Waals surface area contributed by atoms with E-state index in [2.05, 4.69) is 4.98 Å². The summed E-state index contributed by atoms with van der Waals surface area (Å²) in [5.74, 6) is 0.547. The van der Waals surface area contributed by atoms with Crippen LogP contribution in [0.15, 0.2) is 24.4 Å². The Morgan fingerprint density at radius 1 is 1.62 bits per heavy atom. The number of carbonyl (C=O) groups is 1. The average Bonchev–Trinajstić information content (AvgIpc) is 3.14. The molecular weight excluding hydrogens is 202 g/mol. The predicted molar refractivity (Wildman–Crippen MR) is 61.9 cm³/mol. The lowest BCUT2D eigenvalue weighted by atomic mass is 10.1. The van der Waals surface area contributed by atoms with Gasteiger partial charge < -0.3 is 10.6 Å². The van der Waals surface area contributed by atoms with Crippen molar-refractivity contribution < 1.29 is 4.79 Å². The van der Waals surface area contributed by atoms with E-state index in [-0.39, 0.29) is 11.9 Å². The minimum atomic E-state index is -0.0389. The third-order valence-electron chi connectivity index (χ3n) is 3.11. The summed E-state index contributed by atoms with van der Waals surface area (Å²) >= 11 is 0. The van der Waals surface area contributed by atoms with E-state index in [0.717, 1.165) is 0 Å². The summed E-state index contributed by atoms with van der Waals surface area (Å²) in [7, 11) is 1.81. The van der Waals surface area contributed by atoms with Crippen LogP contribution in [0.1, 0.15) is 23.3 Å². The Bertz CT molecular complexity index is 362. The first kappa shape index (κ1) is 11.1. The van der Waals surface area contributed by atoms with Crippen molar-refractivity contribution >= 4 is 5.91 Å². The number of aromatic nitrogens is 1. The molecular formula is C12H17N3O. The molecule has 1 heterocycles. The molecule has 1 aliphatic rings. The van der Waals surface area contributed by atoms with Crippen molar-refractivity contribution in [1.29, 1.82) is 0 Å². The van der Waals surface area contributed by atoms with Crippen LogP contribution >= 0.6 is 0 Å². The zero-order chi connectivity index (χ0) is 11.5. The smallest absolute Gasteiger partial charge is 0.272 e. The number of likely N-dealkylation sites (N-methyl/N-ethyl adjacent to an activating group) is 1. The van der Waals surface area contributed by atoms with Crippen molar-refractivity contribution in [2.45, 2.75) is 18.9 Å². The summed E-state index contributed by atoms with van der Waals surface area (Å²) in [6, 6.07) is 5.52. The van der Waals surface area contributed by atoms with E-state index in [4.69, 9.17) is 5.73 Å². The topological polar surface area (TPSA) is 59.2 Å². The second-order valence-electron chi connectivity index (χ2n) is 4.27. The van der Waals surface area contributed by atoms with Gasteiger partial charge in [-0.15, -0.1) is 0 Å². The van der Waals surface area contributed by atoms with Gasteiger partial charge in [-0.05, 0) is 30.9 Å². The molecule has 0 spiro atoms. The molecule has 1 saturated carbocycles. The number of hydrogen-bond donors (Lipinski definition) is 1. The lowest BCUT2D eigenvalue weighted by Gasteiger charge is -2.26. The molecule has 2 rings (SSSR count). The van der Waals surface area contributed by atoms with Crippen molar-refractivity contribution in [2.75, 3.05) is 13.6 Å². The van der Waals surface area contributed by atoms with Crippen LogP contribution in [-0.4, -0.2) is 35.4 Å². The molecule has 1 aromatic heterocycles. The van der Waals surface area contributed by atoms with Gasteiger partial charge >= 0.3 is 0 Å². The summed E-state index contributed by atoms with van der Waals surface area (Å²) < 4.78 is 0. The first-order chi connectivity index (χ1) is 7.74. The van der Waals surface area contributed by atoms with Crippen LogP contribution in [0.4, 0.5) is 0 Å². The highest BCUT2D eigenvalue weighted by molar-refractivity contribution is 5.92. The fourth-order valence-electron chi connectivity index (χ4n) is 1.97. The van der Waals surface area contributed by atoms with Gasteiger partial charge in [0.1, 0.15) is 5.69 Å². The summed E-state index contributed by atoms with van der Waals surface area (Å²) in [6.07, 6.45) is 4.00. The average molecular weight is 219 g/mol. The maximum atomic E-state index is 12.1. The molecule has 1 amide bonds. The Morgan fingerprint density at radius 2 is 2.38 bits per heavy atom. The highest BCUT2D eigenvalue weighted by Gasteiger charge is 2.35. The van der Waals surface area contributed by atoms with Crippen molar-refractivity contribution in [3.8, 4) is 0 Å². The number of hydrogen-bond acceptors (Lipinski definition) is 3. The highest BCUT2D eigenvalue weighted by atomic mass is 16.2. The van der Waals surface area contributed by atoms with E-state index in [1.54, 1.807) is 23.2 Å². The standard InChI is InChI=1S/C12H17N3O/c1-15(11(8-13)9-5-6-9)12(16)10-4-2-3-7-14-10/h2-4,7,9,11H,5-6,8,13H2,1H3. The number of nitrogens with zero attached hydrogens (tertiary/aromatic N) is 2. The fourth-order valence-corrected chi connectivity index (χ4v) is 1.97. The molecule has 4 heteroatoms. The third-order valence-corrected chi connectivity index (χ3v) is 3.11. The zero-order valence-electron chi connectivity index (χ0n) is 9.47. The summed E-state index contributed by atoms with van der Waals surface area (Å²) in [5, 5.41) is 0. The Balaban J connectivity index is 2.09. The van der Waals surface area contributed by atoms with Gasteiger partial charge in [-0.3, -0.25) is 9.78 Å². The van der Waals surface area contributed by atoms with Crippen molar-refractivity contribution in [2.24, 2.45) is 11.7 Å². The van der Waals surface area contributed by atoms with Gasteiger partial charge in [0.2, 0.25) is 0 Å². The lowest BCUT2D eigenvalue weighted by molar-refractivity contribution is 0.0712. The molecule has 0 aromatic carbocycles. The number of rotatable bonds is 4. The van der Waals surface area contributed by atoms with Crippen LogP contribution in [-0.2, 0) is 0 Å². The van der Waals surface area contributed by atoms with E-state index in [9.17, 15) is 4.79 Å². The largest absolute Gasteiger partial charge is 0.336 e. The van der Waals surface area contributed by atoms with Crippen LogP contribution < -0.4 is 5.73 Å². The van der Waals surface area contributed by atoms with Crippen LogP contribution in [0, 0.1) is 5.92 Å². The molecule has 4 nitrogen and oxygen atoms in total. The molecule has 0 saturated heterocycles. The van der Waals surface area contributed by atoms with Crippen molar-refractivity contribution in [3.05, 3.63) is 30.1 Å². The monoisotopic (exact) mass is 219 g/mol. The molecule has 86 valence electrons. The van der Waals surface area contributed by atoms with Gasteiger partial charge in [0.25, 0.3) is 5.91 Å². The quantitative estimate of drug-likeness (QED) is 0.818. The van der Waals surface area contributed by atoms with Crippen LogP contribution in [0.2, 0.25) is 0 Å². The van der Waals surface area contributed by atoms with Gasteiger partial charge in [-0.1, -0.05) is 6.07 Å². The van der Waals surface area contributed by atoms with E-state index < -0.39 is 0 Å². The number of carbonyl (C=O) groups excluding carboxylic acids is 1. The second-order valence-corrected chi connectivity index (χ2v) is 4.27. The molecule has 2 N–H and O–H groups in total. The summed E-state index contributed by atoms with van der Waals surface area (Å²) in [5.41, 5.74) is 6.21. The summed E-state index contributed by atoms with van der Waals surface area (Å²) in [4.78, 5) is 17.9. The molecule has 1 aliphatic carbocycles. The second kappa shape index (κ2) is 4.61. The molecule has 1 unspecified atom stereocenters. The highest BCUT2D eigenvalue weighted by Crippen LogP contribution is 2.34. The fraction of sp³-hybridized carbons (Fsp3) is 0.500. The minimum Gasteiger partial charge on any atom is -0.336 e. The van der Waals surface area contributed by atoms with Gasteiger partial charge in [0.05, 0.1) is 0 Å². The predicted octanol–water partition coefficient (Wildman–Crippen LogP) is 0.891. The SMILES string of the molecule is CN(C(=O)c1ccccn1)C(CN)C1CC1. The Labute approximate surface area is 95.5 Å². The zero-order valence-corrected chi connectivity index (χ0v) is 9.47. The van der Waals surface area contributed by atoms with E-state index in [1.807, 2.05) is 13.1 Å². The van der Waals surface area contributed by atoms with E-state index in [1.165, 1.54) is 12.8 Å². The lowest BCUT2D eigenvalue weighted by Crippen LogP contribution is -2.43. The van der Waals surface area contributed by atoms with Gasteiger partial charge in [0, 0.05) is 25.8 Å². The summed E-state index contributed by atoms with van der Waals surface area (Å²) in [6.45, 7) is 0.528. The van der Waals surface area contributed by atoms with E-state index >= 15 is 0 Å². The van der Waals surface area contributed by atoms with Gasteiger partial charge in [0.15, 0.2) is 0 Å². The third kappa shape index (κ3) is 2.22. The van der Waals surface area contributed by atoms with E-state index in [0.29, 0.717) is 18.2 Å². The number of nitrogens with two attached hydrogens (primary N) is 1. The maximum Gasteiger partial charge on any atom is 0.272 e. The minimum absolute atomic E-state index is 0.0389. The normalized spacial score (nSPS) is 16.9. The molecule has 1 fully saturated rings. The maximum absolute atomic E-state index is 12.1. The molecule has 1 aromatic rings. The molecule has 16 heavy (non-hydrogen) atoms. The Kier molecular flexibility index (Phi) is 3.19.